The predicted octanol–water partition coefficient (Wildman–Crippen LogP) is 2.95. The fraction of sp³-hybridized carbons (Fsp3) is 0.406. The largest absolute Gasteiger partial charge is 0.508 e. The molecule has 5 atom stereocenters. The number of Topliss-reactive ketones (excluding diaryl/α,β-unsaturated/α-hetero) is 1. The highest BCUT2D eigenvalue weighted by atomic mass is 32.2. The Morgan fingerprint density at radius 1 is 1.11 bits per heavy atom. The Hall–Kier alpha value is -3.87. The van der Waals surface area contributed by atoms with Gasteiger partial charge in [-0.2, -0.15) is 0 Å². The highest BCUT2D eigenvalue weighted by Gasteiger charge is 2.47. The average molecular weight is 628 g/mol. The molecule has 12 heteroatoms. The minimum Gasteiger partial charge on any atom is -0.508 e. The van der Waals surface area contributed by atoms with E-state index in [1.54, 1.807) is 44.2 Å². The third kappa shape index (κ3) is 7.09. The lowest BCUT2D eigenvalue weighted by atomic mass is 9.69. The number of likely N-dealkylation sites (N-methyl/N-ethyl adjacent to an activating group) is 1. The molecule has 2 aliphatic rings. The van der Waals surface area contributed by atoms with E-state index in [0.29, 0.717) is 5.56 Å². The van der Waals surface area contributed by atoms with E-state index in [9.17, 15) is 37.4 Å². The number of hydrogen-bond donors (Lipinski definition) is 3. The van der Waals surface area contributed by atoms with Gasteiger partial charge in [-0.3, -0.25) is 14.4 Å². The van der Waals surface area contributed by atoms with Gasteiger partial charge in [-0.15, -0.1) is 0 Å². The second-order valence-corrected chi connectivity index (χ2v) is 13.9. The third-order valence-electron chi connectivity index (χ3n) is 8.71. The van der Waals surface area contributed by atoms with E-state index in [1.165, 1.54) is 47.8 Å². The van der Waals surface area contributed by atoms with Crippen LogP contribution in [0.15, 0.2) is 66.8 Å². The lowest BCUT2D eigenvalue weighted by Gasteiger charge is -2.45. The summed E-state index contributed by atoms with van der Waals surface area (Å²) >= 11 is 0. The Morgan fingerprint density at radius 3 is 2.45 bits per heavy atom. The molecule has 44 heavy (non-hydrogen) atoms. The topological polar surface area (TPSA) is 144 Å². The number of halogens is 1. The number of sulfonamides is 1. The van der Waals surface area contributed by atoms with Gasteiger partial charge in [0.05, 0.1) is 17.7 Å². The molecule has 0 aromatic heterocycles. The molecule has 0 bridgehead atoms. The van der Waals surface area contributed by atoms with Gasteiger partial charge in [0.15, 0.2) is 5.78 Å². The molecule has 2 aromatic carbocycles. The molecular weight excluding hydrogens is 589 g/mol. The van der Waals surface area contributed by atoms with Crippen molar-refractivity contribution in [1.82, 2.24) is 14.5 Å². The van der Waals surface area contributed by atoms with Crippen molar-refractivity contribution in [2.45, 2.75) is 25.3 Å². The zero-order valence-electron chi connectivity index (χ0n) is 25.1. The van der Waals surface area contributed by atoms with Gasteiger partial charge in [0.1, 0.15) is 17.5 Å². The molecule has 2 aromatic rings. The van der Waals surface area contributed by atoms with Crippen molar-refractivity contribution in [2.75, 3.05) is 39.5 Å². The quantitative estimate of drug-likeness (QED) is 0.341. The van der Waals surface area contributed by atoms with Crippen LogP contribution in [0.1, 0.15) is 34.3 Å². The minimum absolute atomic E-state index is 0.0935. The standard InChI is InChI=1S/C32H38FN3O7S/c1-20-23(11-8-13-27(20)33)28-24(29(38)21-9-7-10-22(37)17-21)18-36(16-15-35(3)44(4,42)43)19-25(28)30(39)34-32(2)14-6-5-12-26(32)31(40)41/h5-14,17,24-26,28,37H,15-16,18-19H2,1-4H3,(H,34,39)(H,40,41). The van der Waals surface area contributed by atoms with E-state index in [4.69, 9.17) is 0 Å². The monoisotopic (exact) mass is 627 g/mol. The number of phenolic OH excluding ortho intramolecular Hbond substituents is 1. The maximum atomic E-state index is 15.0. The third-order valence-corrected chi connectivity index (χ3v) is 10.0. The molecule has 0 radical (unpaired) electrons. The lowest BCUT2D eigenvalue weighted by molar-refractivity contribution is -0.142. The van der Waals surface area contributed by atoms with Gasteiger partial charge in [0.2, 0.25) is 15.9 Å². The molecule has 0 spiro atoms. The summed E-state index contributed by atoms with van der Waals surface area (Å²) in [4.78, 5) is 42.4. The molecule has 1 fully saturated rings. The van der Waals surface area contributed by atoms with Crippen molar-refractivity contribution >= 4 is 27.7 Å². The summed E-state index contributed by atoms with van der Waals surface area (Å²) in [7, 11) is -2.06. The summed E-state index contributed by atoms with van der Waals surface area (Å²) in [6.07, 6.45) is 7.41. The van der Waals surface area contributed by atoms with Gasteiger partial charge in [-0.1, -0.05) is 48.6 Å². The number of amides is 1. The number of carbonyl (C=O) groups excluding carboxylic acids is 2. The Balaban J connectivity index is 1.81. The first-order valence-electron chi connectivity index (χ1n) is 14.2. The summed E-state index contributed by atoms with van der Waals surface area (Å²) in [5.74, 6) is -6.36. The number of rotatable bonds is 10. The molecular formula is C32H38FN3O7S. The van der Waals surface area contributed by atoms with Crippen LogP contribution < -0.4 is 5.32 Å². The first-order valence-corrected chi connectivity index (χ1v) is 16.1. The van der Waals surface area contributed by atoms with Crippen LogP contribution in [0.2, 0.25) is 0 Å². The number of allylic oxidation sites excluding steroid dienone is 2. The van der Waals surface area contributed by atoms with E-state index in [2.05, 4.69) is 5.32 Å². The Morgan fingerprint density at radius 2 is 1.80 bits per heavy atom. The van der Waals surface area contributed by atoms with E-state index in [-0.39, 0.29) is 48.8 Å². The summed E-state index contributed by atoms with van der Waals surface area (Å²) in [6, 6.07) is 10.4. The number of carbonyl (C=O) groups is 3. The van der Waals surface area contributed by atoms with Gasteiger partial charge in [0, 0.05) is 50.6 Å². The van der Waals surface area contributed by atoms with Crippen molar-refractivity contribution in [1.29, 1.82) is 0 Å². The predicted molar refractivity (Wildman–Crippen MR) is 163 cm³/mol. The first-order chi connectivity index (χ1) is 20.6. The smallest absolute Gasteiger partial charge is 0.313 e. The fourth-order valence-corrected chi connectivity index (χ4v) is 6.52. The van der Waals surface area contributed by atoms with Crippen molar-refractivity contribution < 1.29 is 37.4 Å². The van der Waals surface area contributed by atoms with E-state index < -0.39 is 56.9 Å². The molecule has 1 aliphatic heterocycles. The molecule has 3 N–H and O–H groups in total. The van der Waals surface area contributed by atoms with Crippen molar-refractivity contribution in [3.63, 3.8) is 0 Å². The van der Waals surface area contributed by atoms with Crippen LogP contribution in [0.5, 0.6) is 5.75 Å². The second-order valence-electron chi connectivity index (χ2n) is 11.8. The van der Waals surface area contributed by atoms with Crippen molar-refractivity contribution in [2.24, 2.45) is 17.8 Å². The summed E-state index contributed by atoms with van der Waals surface area (Å²) < 4.78 is 40.3. The number of phenols is 1. The molecule has 10 nitrogen and oxygen atoms in total. The first kappa shape index (κ1) is 33.0. The van der Waals surface area contributed by atoms with Crippen LogP contribution in [0, 0.1) is 30.5 Å². The van der Waals surface area contributed by atoms with Gasteiger partial charge in [0.25, 0.3) is 0 Å². The number of aromatic hydroxyl groups is 1. The molecule has 5 unspecified atom stereocenters. The van der Waals surface area contributed by atoms with Crippen LogP contribution in [-0.2, 0) is 19.6 Å². The molecule has 236 valence electrons. The molecule has 1 saturated heterocycles. The number of carboxylic acid groups (broad SMARTS) is 1. The maximum Gasteiger partial charge on any atom is 0.313 e. The zero-order valence-corrected chi connectivity index (χ0v) is 25.9. The van der Waals surface area contributed by atoms with Crippen molar-refractivity contribution in [3.8, 4) is 5.75 Å². The Labute approximate surface area is 256 Å². The van der Waals surface area contributed by atoms with Gasteiger partial charge < -0.3 is 20.4 Å². The normalized spacial score (nSPS) is 25.6. The number of nitrogens with zero attached hydrogens (tertiary/aromatic N) is 2. The van der Waals surface area contributed by atoms with Crippen molar-refractivity contribution in [3.05, 3.63) is 89.3 Å². The van der Waals surface area contributed by atoms with Crippen LogP contribution in [-0.4, -0.2) is 90.5 Å². The summed E-state index contributed by atoms with van der Waals surface area (Å²) in [5.41, 5.74) is -0.329. The number of ketones is 1. The number of carboxylic acids is 1. The summed E-state index contributed by atoms with van der Waals surface area (Å²) in [5, 5.41) is 22.9. The average Bonchev–Trinajstić information content (AvgIpc) is 2.96. The zero-order chi connectivity index (χ0) is 32.4. The van der Waals surface area contributed by atoms with Gasteiger partial charge >= 0.3 is 5.97 Å². The van der Waals surface area contributed by atoms with Crippen LogP contribution in [0.3, 0.4) is 0 Å². The highest BCUT2D eigenvalue weighted by molar-refractivity contribution is 7.88. The van der Waals surface area contributed by atoms with Crippen LogP contribution >= 0.6 is 0 Å². The number of hydrogen-bond acceptors (Lipinski definition) is 7. The lowest BCUT2D eigenvalue weighted by Crippen LogP contribution is -2.59. The molecule has 4 rings (SSSR count). The van der Waals surface area contributed by atoms with E-state index in [0.717, 1.165) is 6.26 Å². The molecule has 0 saturated carbocycles. The maximum absolute atomic E-state index is 15.0. The second kappa shape index (κ2) is 13.0. The molecule has 1 amide bonds. The Bertz CT molecular complexity index is 1610. The van der Waals surface area contributed by atoms with Crippen LogP contribution in [0.25, 0.3) is 0 Å². The highest BCUT2D eigenvalue weighted by Crippen LogP contribution is 2.42. The molecule has 1 heterocycles. The summed E-state index contributed by atoms with van der Waals surface area (Å²) in [6.45, 7) is 3.71. The van der Waals surface area contributed by atoms with Gasteiger partial charge in [-0.05, 0) is 43.2 Å². The number of benzene rings is 2. The van der Waals surface area contributed by atoms with Gasteiger partial charge in [-0.25, -0.2) is 17.1 Å². The number of nitrogens with one attached hydrogen (secondary N) is 1. The van der Waals surface area contributed by atoms with Crippen LogP contribution in [0.4, 0.5) is 4.39 Å². The number of piperidine rings is 1. The number of aliphatic carboxylic acids is 1. The minimum atomic E-state index is -3.50. The molecule has 1 aliphatic carbocycles. The van der Waals surface area contributed by atoms with E-state index in [1.807, 2.05) is 4.90 Å². The number of likely N-dealkylation sites (tertiary alicyclic amines) is 1. The van der Waals surface area contributed by atoms with E-state index >= 15 is 0 Å². The fourth-order valence-electron chi connectivity index (χ4n) is 6.10. The Kier molecular flexibility index (Phi) is 9.77. The SMILES string of the molecule is Cc1c(F)cccc1C1C(C(=O)NC2(C)C=CC=CC2C(=O)O)CN(CCN(C)S(C)(=O)=O)CC1C(=O)c1cccc(O)c1.